The fourth-order valence-corrected chi connectivity index (χ4v) is 2.52. The highest BCUT2D eigenvalue weighted by Crippen LogP contribution is 2.23. The Kier molecular flexibility index (Phi) is 3.53. The molecule has 2 N–H and O–H groups in total. The molecule has 0 aliphatic carbocycles. The first-order valence-electron chi connectivity index (χ1n) is 5.39. The molecule has 0 amide bonds. The van der Waals surface area contributed by atoms with Crippen molar-refractivity contribution in [1.29, 1.82) is 5.26 Å². The number of hydrogen-bond acceptors (Lipinski definition) is 5. The van der Waals surface area contributed by atoms with Crippen molar-refractivity contribution in [3.05, 3.63) is 34.9 Å². The number of benzene rings is 1. The van der Waals surface area contributed by atoms with Crippen molar-refractivity contribution in [2.75, 3.05) is 5.73 Å². The fraction of sp³-hybridized carbons (Fsp3) is 0.250. The third-order valence-corrected chi connectivity index (χ3v) is 3.77. The lowest BCUT2D eigenvalue weighted by Crippen LogP contribution is -1.98. The highest BCUT2D eigenvalue weighted by molar-refractivity contribution is 7.98. The minimum absolute atomic E-state index is 0.411. The van der Waals surface area contributed by atoms with Crippen LogP contribution in [-0.2, 0) is 12.8 Å². The molecule has 5 nitrogen and oxygen atoms in total. The summed E-state index contributed by atoms with van der Waals surface area (Å²) in [7, 11) is 1.84. The van der Waals surface area contributed by atoms with Gasteiger partial charge in [0, 0.05) is 12.8 Å². The third-order valence-electron chi connectivity index (χ3n) is 2.70. The number of aromatic nitrogens is 3. The Morgan fingerprint density at radius 1 is 1.44 bits per heavy atom. The summed E-state index contributed by atoms with van der Waals surface area (Å²) in [6.45, 7) is 2.00. The maximum atomic E-state index is 8.81. The second-order valence-electron chi connectivity index (χ2n) is 3.94. The Balaban J connectivity index is 2.11. The van der Waals surface area contributed by atoms with Gasteiger partial charge in [-0.3, -0.25) is 4.57 Å². The van der Waals surface area contributed by atoms with Gasteiger partial charge in [0.15, 0.2) is 5.16 Å². The molecule has 0 saturated heterocycles. The second kappa shape index (κ2) is 5.10. The van der Waals surface area contributed by atoms with Crippen LogP contribution in [0.25, 0.3) is 0 Å². The van der Waals surface area contributed by atoms with Gasteiger partial charge in [-0.1, -0.05) is 17.8 Å². The van der Waals surface area contributed by atoms with Crippen molar-refractivity contribution in [2.45, 2.75) is 17.8 Å². The predicted octanol–water partition coefficient (Wildman–Crippen LogP) is 1.87. The Morgan fingerprint density at radius 2 is 2.22 bits per heavy atom. The highest BCUT2D eigenvalue weighted by Gasteiger charge is 2.07. The normalized spacial score (nSPS) is 10.3. The molecular formula is C12H13N5S. The fourth-order valence-electron chi connectivity index (χ4n) is 1.52. The molecule has 1 aromatic carbocycles. The molecule has 2 aromatic rings. The van der Waals surface area contributed by atoms with Crippen LogP contribution in [0.4, 0.5) is 5.95 Å². The maximum Gasteiger partial charge on any atom is 0.222 e. The second-order valence-corrected chi connectivity index (χ2v) is 4.88. The summed E-state index contributed by atoms with van der Waals surface area (Å²) < 4.78 is 1.75. The molecule has 92 valence electrons. The molecule has 2 rings (SSSR count). The number of aryl methyl sites for hydroxylation is 1. The number of anilines is 1. The molecule has 0 aliphatic heterocycles. The topological polar surface area (TPSA) is 80.5 Å². The minimum Gasteiger partial charge on any atom is -0.368 e. The van der Waals surface area contributed by atoms with E-state index in [4.69, 9.17) is 11.0 Å². The van der Waals surface area contributed by atoms with Crippen molar-refractivity contribution < 1.29 is 0 Å². The highest BCUT2D eigenvalue weighted by atomic mass is 32.2. The largest absolute Gasteiger partial charge is 0.368 e. The van der Waals surface area contributed by atoms with E-state index in [1.54, 1.807) is 16.3 Å². The number of thioether (sulfide) groups is 1. The lowest BCUT2D eigenvalue weighted by molar-refractivity contribution is 0.796. The van der Waals surface area contributed by atoms with E-state index in [1.807, 2.05) is 32.2 Å². The van der Waals surface area contributed by atoms with Crippen LogP contribution in [-0.4, -0.2) is 14.8 Å². The van der Waals surface area contributed by atoms with Crippen LogP contribution in [0, 0.1) is 18.3 Å². The van der Waals surface area contributed by atoms with Crippen LogP contribution in [0.5, 0.6) is 0 Å². The van der Waals surface area contributed by atoms with E-state index in [-0.39, 0.29) is 0 Å². The quantitative estimate of drug-likeness (QED) is 0.851. The molecule has 1 aromatic heterocycles. The Labute approximate surface area is 110 Å². The Bertz CT molecular complexity index is 611. The van der Waals surface area contributed by atoms with Gasteiger partial charge < -0.3 is 5.73 Å². The first kappa shape index (κ1) is 12.5. The van der Waals surface area contributed by atoms with E-state index in [9.17, 15) is 0 Å². The molecule has 0 unspecified atom stereocenters. The van der Waals surface area contributed by atoms with Crippen molar-refractivity contribution in [2.24, 2.45) is 7.05 Å². The molecule has 0 fully saturated rings. The molecule has 0 atom stereocenters. The summed E-state index contributed by atoms with van der Waals surface area (Å²) in [5, 5.41) is 17.4. The van der Waals surface area contributed by atoms with Gasteiger partial charge in [-0.05, 0) is 30.2 Å². The van der Waals surface area contributed by atoms with Crippen LogP contribution in [0.2, 0.25) is 0 Å². The van der Waals surface area contributed by atoms with Crippen molar-refractivity contribution in [3.63, 3.8) is 0 Å². The molecule has 0 radical (unpaired) electrons. The zero-order valence-electron chi connectivity index (χ0n) is 10.2. The van der Waals surface area contributed by atoms with Gasteiger partial charge in [0.05, 0.1) is 11.6 Å². The zero-order valence-corrected chi connectivity index (χ0v) is 11.0. The maximum absolute atomic E-state index is 8.81. The summed E-state index contributed by atoms with van der Waals surface area (Å²) in [4.78, 5) is 0. The molecule has 6 heteroatoms. The number of hydrogen-bond donors (Lipinski definition) is 1. The summed E-state index contributed by atoms with van der Waals surface area (Å²) in [5.74, 6) is 1.19. The predicted molar refractivity (Wildman–Crippen MR) is 70.9 cm³/mol. The zero-order chi connectivity index (χ0) is 13.1. The van der Waals surface area contributed by atoms with Crippen LogP contribution in [0.1, 0.15) is 16.7 Å². The number of nitriles is 1. The SMILES string of the molecule is Cc1cc(C#N)ccc1CSc1nnc(N)n1C. The average Bonchev–Trinajstić information content (AvgIpc) is 2.68. The summed E-state index contributed by atoms with van der Waals surface area (Å²) in [6, 6.07) is 7.82. The number of rotatable bonds is 3. The molecule has 0 spiro atoms. The summed E-state index contributed by atoms with van der Waals surface area (Å²) in [5.41, 5.74) is 8.59. The molecular weight excluding hydrogens is 246 g/mol. The van der Waals surface area contributed by atoms with Gasteiger partial charge >= 0.3 is 0 Å². The molecule has 1 heterocycles. The summed E-state index contributed by atoms with van der Waals surface area (Å²) >= 11 is 1.58. The van der Waals surface area contributed by atoms with Crippen molar-refractivity contribution in [1.82, 2.24) is 14.8 Å². The number of nitrogens with zero attached hydrogens (tertiary/aromatic N) is 4. The molecule has 0 saturated carbocycles. The smallest absolute Gasteiger partial charge is 0.222 e. The van der Waals surface area contributed by atoms with E-state index >= 15 is 0 Å². The average molecular weight is 259 g/mol. The molecule has 0 bridgehead atoms. The first-order chi connectivity index (χ1) is 8.61. The van der Waals surface area contributed by atoms with Gasteiger partial charge in [-0.25, -0.2) is 0 Å². The van der Waals surface area contributed by atoms with Gasteiger partial charge in [0.2, 0.25) is 5.95 Å². The van der Waals surface area contributed by atoms with E-state index in [1.165, 1.54) is 5.56 Å². The molecule has 0 aliphatic rings. The monoisotopic (exact) mass is 259 g/mol. The Morgan fingerprint density at radius 3 is 2.78 bits per heavy atom. The van der Waals surface area contributed by atoms with E-state index in [2.05, 4.69) is 16.3 Å². The summed E-state index contributed by atoms with van der Waals surface area (Å²) in [6.07, 6.45) is 0. The standard InChI is InChI=1S/C12H13N5S/c1-8-5-9(6-13)3-4-10(8)7-18-12-16-15-11(14)17(12)2/h3-5H,7H2,1-2H3,(H2,14,15). The number of nitrogen functional groups attached to an aromatic ring is 1. The van der Waals surface area contributed by atoms with E-state index < -0.39 is 0 Å². The molecule has 18 heavy (non-hydrogen) atoms. The van der Waals surface area contributed by atoms with Crippen LogP contribution in [0.3, 0.4) is 0 Å². The Hall–Kier alpha value is -2.00. The van der Waals surface area contributed by atoms with Gasteiger partial charge in [-0.2, -0.15) is 5.26 Å². The van der Waals surface area contributed by atoms with Crippen LogP contribution >= 0.6 is 11.8 Å². The van der Waals surface area contributed by atoms with Gasteiger partial charge in [0.1, 0.15) is 0 Å². The first-order valence-corrected chi connectivity index (χ1v) is 6.37. The van der Waals surface area contributed by atoms with E-state index in [0.717, 1.165) is 16.5 Å². The van der Waals surface area contributed by atoms with Crippen LogP contribution < -0.4 is 5.73 Å². The lowest BCUT2D eigenvalue weighted by Gasteiger charge is -2.05. The van der Waals surface area contributed by atoms with Crippen molar-refractivity contribution in [3.8, 4) is 6.07 Å². The van der Waals surface area contributed by atoms with E-state index in [0.29, 0.717) is 11.5 Å². The van der Waals surface area contributed by atoms with Crippen molar-refractivity contribution >= 4 is 17.7 Å². The van der Waals surface area contributed by atoms with Crippen LogP contribution in [0.15, 0.2) is 23.4 Å². The number of nitrogens with two attached hydrogens (primary N) is 1. The van der Waals surface area contributed by atoms with Gasteiger partial charge in [0.25, 0.3) is 0 Å². The minimum atomic E-state index is 0.411. The van der Waals surface area contributed by atoms with Gasteiger partial charge in [-0.15, -0.1) is 10.2 Å². The lowest BCUT2D eigenvalue weighted by atomic mass is 10.1. The third kappa shape index (κ3) is 2.46.